The molecule has 0 amide bonds. The maximum absolute atomic E-state index is 11.2. The van der Waals surface area contributed by atoms with Crippen LogP contribution in [0.5, 0.6) is 0 Å². The van der Waals surface area contributed by atoms with Crippen LogP contribution in [0.3, 0.4) is 0 Å². The second kappa shape index (κ2) is 7.58. The quantitative estimate of drug-likeness (QED) is 0.817. The van der Waals surface area contributed by atoms with Gasteiger partial charge in [0.15, 0.2) is 0 Å². The number of halogens is 2. The fourth-order valence-corrected chi connectivity index (χ4v) is 2.49. The molecule has 0 radical (unpaired) electrons. The topological polar surface area (TPSA) is 69.0 Å². The summed E-state index contributed by atoms with van der Waals surface area (Å²) in [6.07, 6.45) is 1.69. The van der Waals surface area contributed by atoms with Crippen LogP contribution < -0.4 is 5.32 Å². The highest BCUT2D eigenvalue weighted by Gasteiger charge is 2.11. The first-order chi connectivity index (χ1) is 10.5. The van der Waals surface area contributed by atoms with Gasteiger partial charge >= 0.3 is 5.97 Å². The minimum Gasteiger partial charge on any atom is -0.468 e. The molecule has 8 heteroatoms. The third-order valence-electron chi connectivity index (χ3n) is 3.12. The molecule has 2 rings (SSSR count). The summed E-state index contributed by atoms with van der Waals surface area (Å²) in [5.41, 5.74) is 1.67. The van der Waals surface area contributed by atoms with Gasteiger partial charge in [0.25, 0.3) is 0 Å². The van der Waals surface area contributed by atoms with Gasteiger partial charge in [0.05, 0.1) is 19.0 Å². The summed E-state index contributed by atoms with van der Waals surface area (Å²) >= 11 is 12.1. The average molecular weight is 343 g/mol. The molecule has 0 bridgehead atoms. The first-order valence-corrected chi connectivity index (χ1v) is 7.39. The third-order valence-corrected chi connectivity index (χ3v) is 3.69. The van der Waals surface area contributed by atoms with Crippen molar-refractivity contribution in [2.75, 3.05) is 7.11 Å². The Balaban J connectivity index is 1.93. The maximum Gasteiger partial charge on any atom is 0.327 e. The summed E-state index contributed by atoms with van der Waals surface area (Å²) in [6, 6.07) is 5.42. The number of hydrogen-bond acceptors (Lipinski definition) is 5. The fraction of sp³-hybridized carbons (Fsp3) is 0.357. The molecule has 2 aromatic rings. The van der Waals surface area contributed by atoms with Crippen LogP contribution in [0, 0.1) is 0 Å². The van der Waals surface area contributed by atoms with Crippen LogP contribution in [-0.4, -0.2) is 28.1 Å². The van der Waals surface area contributed by atoms with Crippen molar-refractivity contribution < 1.29 is 9.53 Å². The summed E-state index contributed by atoms with van der Waals surface area (Å²) in [4.78, 5) is 11.2. The van der Waals surface area contributed by atoms with Crippen LogP contribution in [0.2, 0.25) is 10.0 Å². The van der Waals surface area contributed by atoms with E-state index in [2.05, 4.69) is 20.4 Å². The summed E-state index contributed by atoms with van der Waals surface area (Å²) in [5, 5.41) is 12.4. The number of aromatic nitrogens is 3. The first kappa shape index (κ1) is 16.7. The van der Waals surface area contributed by atoms with Gasteiger partial charge in [-0.25, -0.2) is 4.68 Å². The van der Waals surface area contributed by atoms with Gasteiger partial charge < -0.3 is 10.1 Å². The van der Waals surface area contributed by atoms with Gasteiger partial charge in [0.2, 0.25) is 0 Å². The first-order valence-electron chi connectivity index (χ1n) is 6.63. The van der Waals surface area contributed by atoms with Crippen molar-refractivity contribution in [1.82, 2.24) is 20.3 Å². The minimum atomic E-state index is -0.370. The fourth-order valence-electron chi connectivity index (χ4n) is 1.91. The maximum atomic E-state index is 11.2. The van der Waals surface area contributed by atoms with Crippen molar-refractivity contribution >= 4 is 29.2 Å². The number of carbonyl (C=O) groups is 1. The molecular formula is C14H16Cl2N4O2. The number of nitrogens with one attached hydrogen (secondary N) is 1. The van der Waals surface area contributed by atoms with E-state index >= 15 is 0 Å². The lowest BCUT2D eigenvalue weighted by Gasteiger charge is -2.15. The molecule has 22 heavy (non-hydrogen) atoms. The van der Waals surface area contributed by atoms with Crippen molar-refractivity contribution in [1.29, 1.82) is 0 Å². The van der Waals surface area contributed by atoms with Gasteiger partial charge in [-0.2, -0.15) is 0 Å². The number of benzene rings is 1. The Kier molecular flexibility index (Phi) is 5.76. The molecule has 0 fully saturated rings. The number of esters is 1. The average Bonchev–Trinajstić information content (AvgIpc) is 2.92. The molecule has 0 aliphatic carbocycles. The normalized spacial score (nSPS) is 12.2. The van der Waals surface area contributed by atoms with Gasteiger partial charge in [-0.1, -0.05) is 34.5 Å². The van der Waals surface area contributed by atoms with E-state index in [1.165, 1.54) is 11.8 Å². The van der Waals surface area contributed by atoms with Gasteiger partial charge in [-0.3, -0.25) is 4.79 Å². The Morgan fingerprint density at radius 3 is 2.91 bits per heavy atom. The van der Waals surface area contributed by atoms with Gasteiger partial charge in [0.1, 0.15) is 6.54 Å². The molecule has 1 aromatic heterocycles. The van der Waals surface area contributed by atoms with Crippen LogP contribution >= 0.6 is 23.2 Å². The van der Waals surface area contributed by atoms with Gasteiger partial charge in [0, 0.05) is 22.6 Å². The SMILES string of the molecule is COC(=O)Cn1cc(CNC(C)c2ccc(Cl)cc2Cl)nn1. The smallest absolute Gasteiger partial charge is 0.327 e. The summed E-state index contributed by atoms with van der Waals surface area (Å²) in [7, 11) is 1.33. The van der Waals surface area contributed by atoms with Crippen molar-refractivity contribution in [3.63, 3.8) is 0 Å². The lowest BCUT2D eigenvalue weighted by molar-refractivity contribution is -0.141. The number of carbonyl (C=O) groups excluding carboxylic acids is 1. The van der Waals surface area contributed by atoms with Crippen LogP contribution in [0.1, 0.15) is 24.2 Å². The standard InChI is InChI=1S/C14H16Cl2N4O2/c1-9(12-4-3-10(15)5-13(12)16)17-6-11-7-20(19-18-11)8-14(21)22-2/h3-5,7,9,17H,6,8H2,1-2H3. The van der Waals surface area contributed by atoms with E-state index < -0.39 is 0 Å². The highest BCUT2D eigenvalue weighted by Crippen LogP contribution is 2.26. The number of ether oxygens (including phenoxy) is 1. The zero-order valence-corrected chi connectivity index (χ0v) is 13.7. The summed E-state index contributed by atoms with van der Waals surface area (Å²) in [5.74, 6) is -0.370. The van der Waals surface area contributed by atoms with Crippen molar-refractivity contribution in [3.05, 3.63) is 45.7 Å². The third kappa shape index (κ3) is 4.43. The molecule has 118 valence electrons. The van der Waals surface area contributed by atoms with E-state index in [9.17, 15) is 4.79 Å². The van der Waals surface area contributed by atoms with E-state index in [4.69, 9.17) is 23.2 Å². The molecule has 0 saturated carbocycles. The molecule has 1 unspecified atom stereocenters. The zero-order valence-electron chi connectivity index (χ0n) is 12.2. The predicted molar refractivity (Wildman–Crippen MR) is 83.8 cm³/mol. The van der Waals surface area contributed by atoms with Gasteiger partial charge in [-0.05, 0) is 24.6 Å². The molecule has 1 N–H and O–H groups in total. The summed E-state index contributed by atoms with van der Waals surface area (Å²) < 4.78 is 6.01. The highest BCUT2D eigenvalue weighted by molar-refractivity contribution is 6.35. The van der Waals surface area contributed by atoms with Gasteiger partial charge in [-0.15, -0.1) is 5.10 Å². The Labute approximate surface area is 138 Å². The van der Waals surface area contributed by atoms with Crippen molar-refractivity contribution in [3.8, 4) is 0 Å². The molecule has 6 nitrogen and oxygen atoms in total. The van der Waals surface area contributed by atoms with Crippen LogP contribution in [0.15, 0.2) is 24.4 Å². The Morgan fingerprint density at radius 2 is 2.23 bits per heavy atom. The van der Waals surface area contributed by atoms with E-state index in [1.807, 2.05) is 13.0 Å². The molecule has 1 heterocycles. The number of hydrogen-bond donors (Lipinski definition) is 1. The molecule has 1 aromatic carbocycles. The highest BCUT2D eigenvalue weighted by atomic mass is 35.5. The largest absolute Gasteiger partial charge is 0.468 e. The number of nitrogens with zero attached hydrogens (tertiary/aromatic N) is 3. The Bertz CT molecular complexity index is 660. The minimum absolute atomic E-state index is 0.0236. The molecular weight excluding hydrogens is 327 g/mol. The lowest BCUT2D eigenvalue weighted by Crippen LogP contribution is -2.18. The molecule has 0 saturated heterocycles. The number of rotatable bonds is 6. The van der Waals surface area contributed by atoms with E-state index in [1.54, 1.807) is 18.3 Å². The molecule has 0 spiro atoms. The lowest BCUT2D eigenvalue weighted by atomic mass is 10.1. The molecule has 1 atom stereocenters. The second-order valence-corrected chi connectivity index (χ2v) is 5.60. The van der Waals surface area contributed by atoms with Crippen LogP contribution in [0.4, 0.5) is 0 Å². The Morgan fingerprint density at radius 1 is 1.45 bits per heavy atom. The molecule has 0 aliphatic heterocycles. The van der Waals surface area contributed by atoms with E-state index in [-0.39, 0.29) is 18.6 Å². The Hall–Kier alpha value is -1.63. The molecule has 0 aliphatic rings. The van der Waals surface area contributed by atoms with Crippen molar-refractivity contribution in [2.24, 2.45) is 0 Å². The second-order valence-electron chi connectivity index (χ2n) is 4.75. The number of methoxy groups -OCH3 is 1. The van der Waals surface area contributed by atoms with E-state index in [0.717, 1.165) is 11.3 Å². The van der Waals surface area contributed by atoms with Crippen LogP contribution in [0.25, 0.3) is 0 Å². The summed E-state index contributed by atoms with van der Waals surface area (Å²) in [6.45, 7) is 2.54. The monoisotopic (exact) mass is 342 g/mol. The van der Waals surface area contributed by atoms with E-state index in [0.29, 0.717) is 16.6 Å². The zero-order chi connectivity index (χ0) is 16.1. The predicted octanol–water partition coefficient (Wildman–Crippen LogP) is 2.61. The van der Waals surface area contributed by atoms with Crippen molar-refractivity contribution in [2.45, 2.75) is 26.1 Å². The van der Waals surface area contributed by atoms with Crippen LogP contribution in [-0.2, 0) is 22.6 Å².